The van der Waals surface area contributed by atoms with Crippen molar-refractivity contribution in [2.45, 2.75) is 31.4 Å². The van der Waals surface area contributed by atoms with E-state index in [-0.39, 0.29) is 6.42 Å². The molecule has 4 nitrogen and oxygen atoms in total. The van der Waals surface area contributed by atoms with Crippen molar-refractivity contribution in [3.8, 4) is 0 Å². The summed E-state index contributed by atoms with van der Waals surface area (Å²) in [5, 5.41) is 9.50. The van der Waals surface area contributed by atoms with Crippen molar-refractivity contribution in [3.05, 3.63) is 35.9 Å². The lowest BCUT2D eigenvalue weighted by Crippen LogP contribution is -2.43. The lowest BCUT2D eigenvalue weighted by atomic mass is 9.83. The van der Waals surface area contributed by atoms with Crippen LogP contribution < -0.4 is 11.5 Å². The van der Waals surface area contributed by atoms with Crippen LogP contribution >= 0.6 is 0 Å². The predicted octanol–water partition coefficient (Wildman–Crippen LogP) is 0.487. The number of aliphatic hydroxyl groups is 1. The van der Waals surface area contributed by atoms with Crippen LogP contribution in [0.25, 0.3) is 0 Å². The van der Waals surface area contributed by atoms with Crippen molar-refractivity contribution in [3.63, 3.8) is 0 Å². The monoisotopic (exact) mass is 222 g/mol. The number of benzene rings is 1. The van der Waals surface area contributed by atoms with Gasteiger partial charge in [0, 0.05) is 12.0 Å². The Morgan fingerprint density at radius 3 is 2.44 bits per heavy atom. The highest BCUT2D eigenvalue weighted by Crippen LogP contribution is 2.26. The van der Waals surface area contributed by atoms with Gasteiger partial charge in [0.05, 0.1) is 0 Å². The molecule has 0 saturated heterocycles. The maximum absolute atomic E-state index is 10.8. The molecule has 1 rings (SSSR count). The number of rotatable bonds is 5. The maximum atomic E-state index is 10.8. The van der Waals surface area contributed by atoms with Crippen molar-refractivity contribution >= 4 is 5.91 Å². The molecule has 0 aliphatic rings. The first-order valence-corrected chi connectivity index (χ1v) is 5.31. The first kappa shape index (κ1) is 12.7. The standard InChI is InChI=1S/C12H18N2O2/c1-2-12(14,8-10(15)11(13)16)9-6-4-3-5-7-9/h3-7,10,15H,2,8,14H2,1H3,(H2,13,16). The van der Waals surface area contributed by atoms with Gasteiger partial charge in [0.25, 0.3) is 0 Å². The highest BCUT2D eigenvalue weighted by Gasteiger charge is 2.30. The van der Waals surface area contributed by atoms with Crippen molar-refractivity contribution in [2.75, 3.05) is 0 Å². The van der Waals surface area contributed by atoms with Gasteiger partial charge in [0.15, 0.2) is 0 Å². The van der Waals surface area contributed by atoms with Crippen LogP contribution in [0.3, 0.4) is 0 Å². The quantitative estimate of drug-likeness (QED) is 0.677. The molecule has 0 saturated carbocycles. The summed E-state index contributed by atoms with van der Waals surface area (Å²) in [5.41, 5.74) is 11.4. The molecule has 0 aromatic heterocycles. The Morgan fingerprint density at radius 2 is 2.00 bits per heavy atom. The lowest BCUT2D eigenvalue weighted by molar-refractivity contribution is -0.127. The minimum Gasteiger partial charge on any atom is -0.383 e. The maximum Gasteiger partial charge on any atom is 0.246 e. The third kappa shape index (κ3) is 2.81. The summed E-state index contributed by atoms with van der Waals surface area (Å²) in [4.78, 5) is 10.8. The first-order valence-electron chi connectivity index (χ1n) is 5.31. The summed E-state index contributed by atoms with van der Waals surface area (Å²) in [6.07, 6.45) is -0.436. The van der Waals surface area contributed by atoms with Crippen molar-refractivity contribution < 1.29 is 9.90 Å². The molecule has 0 heterocycles. The van der Waals surface area contributed by atoms with Gasteiger partial charge in [-0.05, 0) is 12.0 Å². The average Bonchev–Trinajstić information content (AvgIpc) is 2.29. The van der Waals surface area contributed by atoms with Gasteiger partial charge >= 0.3 is 0 Å². The van der Waals surface area contributed by atoms with Crippen LogP contribution in [0.1, 0.15) is 25.3 Å². The Bertz CT molecular complexity index is 353. The molecule has 4 heteroatoms. The minimum atomic E-state index is -1.20. The molecule has 2 unspecified atom stereocenters. The Kier molecular flexibility index (Phi) is 4.04. The molecule has 5 N–H and O–H groups in total. The fourth-order valence-corrected chi connectivity index (χ4v) is 1.68. The van der Waals surface area contributed by atoms with E-state index in [1.807, 2.05) is 37.3 Å². The smallest absolute Gasteiger partial charge is 0.246 e. The summed E-state index contributed by atoms with van der Waals surface area (Å²) in [5.74, 6) is -0.737. The number of carbonyl (C=O) groups excluding carboxylic acids is 1. The number of nitrogens with two attached hydrogens (primary N) is 2. The first-order chi connectivity index (χ1) is 7.49. The van der Waals surface area contributed by atoms with Crippen LogP contribution in [-0.4, -0.2) is 17.1 Å². The van der Waals surface area contributed by atoms with E-state index in [1.54, 1.807) is 0 Å². The molecule has 88 valence electrons. The van der Waals surface area contributed by atoms with Gasteiger partial charge in [-0.3, -0.25) is 4.79 Å². The molecular formula is C12H18N2O2. The zero-order valence-corrected chi connectivity index (χ0v) is 9.39. The number of carbonyl (C=O) groups is 1. The van der Waals surface area contributed by atoms with Gasteiger partial charge in [-0.2, -0.15) is 0 Å². The predicted molar refractivity (Wildman–Crippen MR) is 62.4 cm³/mol. The van der Waals surface area contributed by atoms with E-state index in [0.717, 1.165) is 5.56 Å². The molecule has 0 radical (unpaired) electrons. The highest BCUT2D eigenvalue weighted by molar-refractivity contribution is 5.78. The van der Waals surface area contributed by atoms with E-state index >= 15 is 0 Å². The van der Waals surface area contributed by atoms with E-state index in [4.69, 9.17) is 11.5 Å². The number of amides is 1. The molecule has 16 heavy (non-hydrogen) atoms. The van der Waals surface area contributed by atoms with Crippen LogP contribution in [0.4, 0.5) is 0 Å². The lowest BCUT2D eigenvalue weighted by Gasteiger charge is -2.30. The molecular weight excluding hydrogens is 204 g/mol. The van der Waals surface area contributed by atoms with Crippen LogP contribution in [0.2, 0.25) is 0 Å². The van der Waals surface area contributed by atoms with Crippen LogP contribution in [-0.2, 0) is 10.3 Å². The zero-order valence-electron chi connectivity index (χ0n) is 9.39. The Labute approximate surface area is 95.3 Å². The Hall–Kier alpha value is -1.39. The van der Waals surface area contributed by atoms with E-state index in [9.17, 15) is 9.90 Å². The van der Waals surface area contributed by atoms with E-state index in [0.29, 0.717) is 6.42 Å². The van der Waals surface area contributed by atoms with Gasteiger partial charge in [0.2, 0.25) is 5.91 Å². The molecule has 2 atom stereocenters. The second-order valence-corrected chi connectivity index (χ2v) is 4.00. The number of hydrogen-bond acceptors (Lipinski definition) is 3. The van der Waals surface area contributed by atoms with Gasteiger partial charge in [-0.1, -0.05) is 37.3 Å². The number of aliphatic hydroxyl groups excluding tert-OH is 1. The van der Waals surface area contributed by atoms with E-state index in [1.165, 1.54) is 0 Å². The molecule has 0 aliphatic carbocycles. The van der Waals surface area contributed by atoms with Crippen LogP contribution in [0, 0.1) is 0 Å². The fraction of sp³-hybridized carbons (Fsp3) is 0.417. The summed E-state index contributed by atoms with van der Waals surface area (Å²) < 4.78 is 0. The molecule has 1 amide bonds. The average molecular weight is 222 g/mol. The summed E-state index contributed by atoms with van der Waals surface area (Å²) in [7, 11) is 0. The molecule has 0 fully saturated rings. The third-order valence-corrected chi connectivity index (χ3v) is 2.87. The topological polar surface area (TPSA) is 89.3 Å². The largest absolute Gasteiger partial charge is 0.383 e. The summed E-state index contributed by atoms with van der Waals surface area (Å²) >= 11 is 0. The Balaban J connectivity index is 2.90. The molecule has 1 aromatic carbocycles. The van der Waals surface area contributed by atoms with Gasteiger partial charge < -0.3 is 16.6 Å². The van der Waals surface area contributed by atoms with E-state index in [2.05, 4.69) is 0 Å². The number of hydrogen-bond donors (Lipinski definition) is 3. The van der Waals surface area contributed by atoms with Crippen molar-refractivity contribution in [1.82, 2.24) is 0 Å². The summed E-state index contributed by atoms with van der Waals surface area (Å²) in [6, 6.07) is 9.42. The van der Waals surface area contributed by atoms with Gasteiger partial charge in [-0.15, -0.1) is 0 Å². The molecule has 1 aromatic rings. The summed E-state index contributed by atoms with van der Waals surface area (Å²) in [6.45, 7) is 1.92. The van der Waals surface area contributed by atoms with E-state index < -0.39 is 17.6 Å². The Morgan fingerprint density at radius 1 is 1.44 bits per heavy atom. The van der Waals surface area contributed by atoms with Gasteiger partial charge in [-0.25, -0.2) is 0 Å². The van der Waals surface area contributed by atoms with Crippen LogP contribution in [0.5, 0.6) is 0 Å². The number of primary amides is 1. The second-order valence-electron chi connectivity index (χ2n) is 4.00. The van der Waals surface area contributed by atoms with Gasteiger partial charge in [0.1, 0.15) is 6.10 Å². The zero-order chi connectivity index (χ0) is 12.2. The van der Waals surface area contributed by atoms with Crippen molar-refractivity contribution in [2.24, 2.45) is 11.5 Å². The molecule has 0 spiro atoms. The SMILES string of the molecule is CCC(N)(CC(O)C(N)=O)c1ccccc1. The molecule has 0 aliphatic heterocycles. The normalized spacial score (nSPS) is 16.4. The van der Waals surface area contributed by atoms with Crippen LogP contribution in [0.15, 0.2) is 30.3 Å². The highest BCUT2D eigenvalue weighted by atomic mass is 16.3. The third-order valence-electron chi connectivity index (χ3n) is 2.87. The fourth-order valence-electron chi connectivity index (χ4n) is 1.68. The minimum absolute atomic E-state index is 0.142. The van der Waals surface area contributed by atoms with Crippen molar-refractivity contribution in [1.29, 1.82) is 0 Å². The molecule has 0 bridgehead atoms. The second kappa shape index (κ2) is 5.09.